The van der Waals surface area contributed by atoms with Crippen molar-refractivity contribution in [1.82, 2.24) is 4.98 Å². The highest BCUT2D eigenvalue weighted by atomic mass is 35.5. The summed E-state index contributed by atoms with van der Waals surface area (Å²) in [4.78, 5) is 4.00. The lowest BCUT2D eigenvalue weighted by Crippen LogP contribution is -1.97. The Labute approximate surface area is 98.8 Å². The number of halogens is 1. The fourth-order valence-electron chi connectivity index (χ4n) is 1.28. The van der Waals surface area contributed by atoms with E-state index in [1.807, 2.05) is 12.1 Å². The predicted octanol–water partition coefficient (Wildman–Crippen LogP) is 2.90. The highest BCUT2D eigenvalue weighted by molar-refractivity contribution is 6.32. The molecule has 0 spiro atoms. The lowest BCUT2D eigenvalue weighted by atomic mass is 10.3. The van der Waals surface area contributed by atoms with Crippen molar-refractivity contribution in [2.24, 2.45) is 0 Å². The van der Waals surface area contributed by atoms with Gasteiger partial charge in [0.2, 0.25) is 0 Å². The second-order valence-corrected chi connectivity index (χ2v) is 3.75. The van der Waals surface area contributed by atoms with E-state index in [2.05, 4.69) is 4.98 Å². The Hall–Kier alpha value is -1.74. The lowest BCUT2D eigenvalue weighted by Gasteiger charge is -2.08. The van der Waals surface area contributed by atoms with Crippen LogP contribution in [0.25, 0.3) is 0 Å². The molecule has 3 nitrogen and oxygen atoms in total. The van der Waals surface area contributed by atoms with Crippen LogP contribution in [0.1, 0.15) is 5.56 Å². The Kier molecular flexibility index (Phi) is 3.27. The van der Waals surface area contributed by atoms with Crippen LogP contribution in [0.15, 0.2) is 42.7 Å². The molecule has 0 fully saturated rings. The molecule has 0 aliphatic carbocycles. The molecule has 1 aromatic carbocycles. The molecule has 0 amide bonds. The van der Waals surface area contributed by atoms with E-state index in [0.29, 0.717) is 23.1 Å². The van der Waals surface area contributed by atoms with Crippen LogP contribution in [0.4, 0.5) is 5.69 Å². The number of benzene rings is 1. The Bertz CT molecular complexity index is 474. The number of ether oxygens (including phenoxy) is 1. The topological polar surface area (TPSA) is 48.1 Å². The van der Waals surface area contributed by atoms with Crippen LogP contribution >= 0.6 is 11.6 Å². The van der Waals surface area contributed by atoms with Gasteiger partial charge in [0.25, 0.3) is 0 Å². The zero-order valence-electron chi connectivity index (χ0n) is 8.56. The van der Waals surface area contributed by atoms with Crippen molar-refractivity contribution in [1.29, 1.82) is 0 Å². The number of aromatic nitrogens is 1. The van der Waals surface area contributed by atoms with Gasteiger partial charge in [-0.15, -0.1) is 0 Å². The average Bonchev–Trinajstić information content (AvgIpc) is 2.32. The van der Waals surface area contributed by atoms with Crippen molar-refractivity contribution < 1.29 is 4.74 Å². The van der Waals surface area contributed by atoms with E-state index < -0.39 is 0 Å². The number of hydrogen-bond donors (Lipinski definition) is 1. The molecule has 2 rings (SSSR count). The van der Waals surface area contributed by atoms with Gasteiger partial charge in [-0.3, -0.25) is 4.98 Å². The third-order valence-electron chi connectivity index (χ3n) is 2.07. The molecule has 1 heterocycles. The second-order valence-electron chi connectivity index (χ2n) is 3.34. The summed E-state index contributed by atoms with van der Waals surface area (Å²) in [5.41, 5.74) is 7.26. The Balaban J connectivity index is 2.08. The SMILES string of the molecule is Nc1ccc(Cl)c(OCc2cccnc2)c1. The number of pyridine rings is 1. The summed E-state index contributed by atoms with van der Waals surface area (Å²) >= 11 is 5.97. The maximum Gasteiger partial charge on any atom is 0.140 e. The van der Waals surface area contributed by atoms with Crippen LogP contribution in [-0.4, -0.2) is 4.98 Å². The summed E-state index contributed by atoms with van der Waals surface area (Å²) in [6.07, 6.45) is 3.47. The van der Waals surface area contributed by atoms with E-state index in [4.69, 9.17) is 22.1 Å². The second kappa shape index (κ2) is 4.86. The number of hydrogen-bond acceptors (Lipinski definition) is 3. The largest absolute Gasteiger partial charge is 0.487 e. The number of nitrogens with zero attached hydrogens (tertiary/aromatic N) is 1. The van der Waals surface area contributed by atoms with Crippen LogP contribution in [0.2, 0.25) is 5.02 Å². The first-order chi connectivity index (χ1) is 7.75. The zero-order chi connectivity index (χ0) is 11.4. The monoisotopic (exact) mass is 234 g/mol. The van der Waals surface area contributed by atoms with Crippen LogP contribution in [-0.2, 0) is 6.61 Å². The summed E-state index contributed by atoms with van der Waals surface area (Å²) in [6, 6.07) is 8.96. The highest BCUT2D eigenvalue weighted by Gasteiger charge is 2.02. The zero-order valence-corrected chi connectivity index (χ0v) is 9.32. The van der Waals surface area contributed by atoms with Gasteiger partial charge in [0.05, 0.1) is 5.02 Å². The van der Waals surface area contributed by atoms with Gasteiger partial charge in [0.15, 0.2) is 0 Å². The van der Waals surface area contributed by atoms with Crippen molar-refractivity contribution in [3.8, 4) is 5.75 Å². The van der Waals surface area contributed by atoms with E-state index in [0.717, 1.165) is 5.56 Å². The molecule has 0 aliphatic heterocycles. The van der Waals surface area contributed by atoms with Gasteiger partial charge in [-0.2, -0.15) is 0 Å². The Morgan fingerprint density at radius 1 is 1.31 bits per heavy atom. The van der Waals surface area contributed by atoms with Crippen LogP contribution in [0.5, 0.6) is 5.75 Å². The summed E-state index contributed by atoms with van der Waals surface area (Å²) in [5.74, 6) is 0.588. The standard InChI is InChI=1S/C12H11ClN2O/c13-11-4-3-10(14)6-12(11)16-8-9-2-1-5-15-7-9/h1-7H,8,14H2. The summed E-state index contributed by atoms with van der Waals surface area (Å²) in [7, 11) is 0. The molecule has 0 unspecified atom stereocenters. The molecule has 0 aliphatic rings. The third kappa shape index (κ3) is 2.64. The minimum atomic E-state index is 0.428. The Morgan fingerprint density at radius 2 is 2.19 bits per heavy atom. The van der Waals surface area contributed by atoms with Gasteiger partial charge in [0, 0.05) is 29.7 Å². The molecule has 0 saturated heterocycles. The summed E-state index contributed by atoms with van der Waals surface area (Å²) in [5, 5.41) is 0.554. The van der Waals surface area contributed by atoms with E-state index in [1.165, 1.54) is 0 Å². The minimum absolute atomic E-state index is 0.428. The first-order valence-electron chi connectivity index (χ1n) is 4.82. The maximum absolute atomic E-state index is 5.97. The van der Waals surface area contributed by atoms with Crippen molar-refractivity contribution in [2.45, 2.75) is 6.61 Å². The average molecular weight is 235 g/mol. The molecular weight excluding hydrogens is 224 g/mol. The lowest BCUT2D eigenvalue weighted by molar-refractivity contribution is 0.306. The quantitative estimate of drug-likeness (QED) is 0.831. The van der Waals surface area contributed by atoms with Gasteiger partial charge in [-0.05, 0) is 18.2 Å². The molecule has 82 valence electrons. The highest BCUT2D eigenvalue weighted by Crippen LogP contribution is 2.27. The number of anilines is 1. The number of nitrogens with two attached hydrogens (primary N) is 1. The predicted molar refractivity (Wildman–Crippen MR) is 64.4 cm³/mol. The fourth-order valence-corrected chi connectivity index (χ4v) is 1.45. The van der Waals surface area contributed by atoms with E-state index in [-0.39, 0.29) is 0 Å². The van der Waals surface area contributed by atoms with Crippen LogP contribution in [0.3, 0.4) is 0 Å². The van der Waals surface area contributed by atoms with Crippen LogP contribution in [0, 0.1) is 0 Å². The third-order valence-corrected chi connectivity index (χ3v) is 2.38. The van der Waals surface area contributed by atoms with E-state index in [9.17, 15) is 0 Å². The van der Waals surface area contributed by atoms with E-state index >= 15 is 0 Å². The molecule has 1 aromatic heterocycles. The molecule has 4 heteroatoms. The molecule has 0 radical (unpaired) electrons. The molecular formula is C12H11ClN2O. The first kappa shape index (κ1) is 10.8. The smallest absolute Gasteiger partial charge is 0.140 e. The maximum atomic E-state index is 5.97. The van der Waals surface area contributed by atoms with Crippen molar-refractivity contribution in [3.05, 3.63) is 53.3 Å². The first-order valence-corrected chi connectivity index (χ1v) is 5.20. The molecule has 0 bridgehead atoms. The Morgan fingerprint density at radius 3 is 2.94 bits per heavy atom. The van der Waals surface area contributed by atoms with Gasteiger partial charge in [-0.1, -0.05) is 17.7 Å². The molecule has 0 saturated carbocycles. The van der Waals surface area contributed by atoms with Crippen molar-refractivity contribution >= 4 is 17.3 Å². The molecule has 16 heavy (non-hydrogen) atoms. The van der Waals surface area contributed by atoms with E-state index in [1.54, 1.807) is 30.6 Å². The van der Waals surface area contributed by atoms with Gasteiger partial charge in [-0.25, -0.2) is 0 Å². The minimum Gasteiger partial charge on any atom is -0.487 e. The summed E-state index contributed by atoms with van der Waals surface area (Å²) < 4.78 is 5.55. The van der Waals surface area contributed by atoms with Crippen LogP contribution < -0.4 is 10.5 Å². The van der Waals surface area contributed by atoms with Crippen molar-refractivity contribution in [3.63, 3.8) is 0 Å². The normalized spacial score (nSPS) is 10.1. The van der Waals surface area contributed by atoms with Gasteiger partial charge in [0.1, 0.15) is 12.4 Å². The molecule has 0 atom stereocenters. The summed E-state index contributed by atoms with van der Waals surface area (Å²) in [6.45, 7) is 0.428. The molecule has 2 N–H and O–H groups in total. The van der Waals surface area contributed by atoms with Gasteiger partial charge < -0.3 is 10.5 Å². The van der Waals surface area contributed by atoms with Gasteiger partial charge >= 0.3 is 0 Å². The fraction of sp³-hybridized carbons (Fsp3) is 0.0833. The molecule has 2 aromatic rings. The van der Waals surface area contributed by atoms with Crippen molar-refractivity contribution in [2.75, 3.05) is 5.73 Å². The number of nitrogen functional groups attached to an aromatic ring is 1. The number of rotatable bonds is 3.